The minimum absolute atomic E-state index is 0.0158. The lowest BCUT2D eigenvalue weighted by Gasteiger charge is -2.26. The van der Waals surface area contributed by atoms with Gasteiger partial charge in [0.25, 0.3) is 0 Å². The molecule has 6 heteroatoms. The summed E-state index contributed by atoms with van der Waals surface area (Å²) in [5.41, 5.74) is -0.293. The number of carboxylic acid groups (broad SMARTS) is 1. The fraction of sp³-hybridized carbons (Fsp3) is 0.429. The molecule has 1 N–H and O–H groups in total. The molecule has 0 aromatic heterocycles. The van der Waals surface area contributed by atoms with Gasteiger partial charge in [0.15, 0.2) is 0 Å². The van der Waals surface area contributed by atoms with Crippen LogP contribution >= 0.6 is 0 Å². The van der Waals surface area contributed by atoms with E-state index in [4.69, 9.17) is 5.11 Å². The van der Waals surface area contributed by atoms with Gasteiger partial charge in [-0.25, -0.2) is 8.78 Å². The minimum Gasteiger partial charge on any atom is -0.481 e. The van der Waals surface area contributed by atoms with Gasteiger partial charge in [-0.1, -0.05) is 6.07 Å². The standard InChI is InChI=1S/C14H17F2NO3/c1-9(2)17(7-6-14(19)20)13(18)8-10-11(15)4-3-5-12(10)16/h3-5,9H,6-8H2,1-2H3,(H,19,20). The van der Waals surface area contributed by atoms with Gasteiger partial charge in [0.2, 0.25) is 5.91 Å². The van der Waals surface area contributed by atoms with Crippen molar-refractivity contribution in [3.63, 3.8) is 0 Å². The van der Waals surface area contributed by atoms with E-state index in [9.17, 15) is 18.4 Å². The Labute approximate surface area is 116 Å². The maximum absolute atomic E-state index is 13.5. The molecule has 1 aromatic carbocycles. The number of halogens is 2. The molecule has 1 aromatic rings. The first-order valence-corrected chi connectivity index (χ1v) is 6.27. The van der Waals surface area contributed by atoms with Crippen LogP contribution in [-0.4, -0.2) is 34.5 Å². The molecule has 0 saturated carbocycles. The highest BCUT2D eigenvalue weighted by Crippen LogP contribution is 2.15. The summed E-state index contributed by atoms with van der Waals surface area (Å²) < 4.78 is 27.0. The van der Waals surface area contributed by atoms with Crippen molar-refractivity contribution >= 4 is 11.9 Å². The SMILES string of the molecule is CC(C)N(CCC(=O)O)C(=O)Cc1c(F)cccc1F. The fourth-order valence-corrected chi connectivity index (χ4v) is 1.84. The van der Waals surface area contributed by atoms with E-state index in [1.807, 2.05) is 0 Å². The van der Waals surface area contributed by atoms with Crippen LogP contribution in [0.4, 0.5) is 8.78 Å². The Morgan fingerprint density at radius 2 is 1.80 bits per heavy atom. The summed E-state index contributed by atoms with van der Waals surface area (Å²) in [5, 5.41) is 8.65. The Kier molecular flexibility index (Phi) is 5.61. The summed E-state index contributed by atoms with van der Waals surface area (Å²) in [6, 6.07) is 3.16. The smallest absolute Gasteiger partial charge is 0.305 e. The Morgan fingerprint density at radius 3 is 2.25 bits per heavy atom. The monoisotopic (exact) mass is 285 g/mol. The summed E-state index contributed by atoms with van der Waals surface area (Å²) in [6.45, 7) is 3.46. The van der Waals surface area contributed by atoms with Crippen LogP contribution < -0.4 is 0 Å². The Morgan fingerprint density at radius 1 is 1.25 bits per heavy atom. The highest BCUT2D eigenvalue weighted by molar-refractivity contribution is 5.79. The first kappa shape index (κ1) is 16.1. The largest absolute Gasteiger partial charge is 0.481 e. The van der Waals surface area contributed by atoms with Gasteiger partial charge in [-0.05, 0) is 26.0 Å². The predicted octanol–water partition coefficient (Wildman–Crippen LogP) is 2.22. The lowest BCUT2D eigenvalue weighted by molar-refractivity contribution is -0.139. The van der Waals surface area contributed by atoms with E-state index >= 15 is 0 Å². The number of carbonyl (C=O) groups is 2. The molecule has 0 aliphatic heterocycles. The Hall–Kier alpha value is -1.98. The maximum Gasteiger partial charge on any atom is 0.305 e. The van der Waals surface area contributed by atoms with Crippen molar-refractivity contribution in [3.8, 4) is 0 Å². The molecule has 0 spiro atoms. The van der Waals surface area contributed by atoms with Crippen LogP contribution in [0.3, 0.4) is 0 Å². The van der Waals surface area contributed by atoms with E-state index in [2.05, 4.69) is 0 Å². The highest BCUT2D eigenvalue weighted by atomic mass is 19.1. The molecule has 0 radical (unpaired) electrons. The van der Waals surface area contributed by atoms with Crippen molar-refractivity contribution in [1.82, 2.24) is 4.90 Å². The molecule has 0 aliphatic carbocycles. The van der Waals surface area contributed by atoms with E-state index < -0.39 is 29.9 Å². The normalized spacial score (nSPS) is 10.7. The van der Waals surface area contributed by atoms with E-state index in [0.29, 0.717) is 0 Å². The topological polar surface area (TPSA) is 57.6 Å². The second-order valence-corrected chi connectivity index (χ2v) is 4.70. The Balaban J connectivity index is 2.83. The van der Waals surface area contributed by atoms with Crippen molar-refractivity contribution in [2.75, 3.05) is 6.54 Å². The van der Waals surface area contributed by atoms with Crippen molar-refractivity contribution in [1.29, 1.82) is 0 Å². The number of amides is 1. The second kappa shape index (κ2) is 6.98. The van der Waals surface area contributed by atoms with Crippen molar-refractivity contribution in [3.05, 3.63) is 35.4 Å². The van der Waals surface area contributed by atoms with Gasteiger partial charge < -0.3 is 10.0 Å². The summed E-state index contributed by atoms with van der Waals surface area (Å²) >= 11 is 0. The van der Waals surface area contributed by atoms with Gasteiger partial charge in [0.1, 0.15) is 11.6 Å². The number of hydrogen-bond donors (Lipinski definition) is 1. The summed E-state index contributed by atoms with van der Waals surface area (Å²) in [4.78, 5) is 23.9. The molecular weight excluding hydrogens is 268 g/mol. The van der Waals surface area contributed by atoms with E-state index in [1.54, 1.807) is 13.8 Å². The molecule has 1 rings (SSSR count). The van der Waals surface area contributed by atoms with Crippen LogP contribution in [0.5, 0.6) is 0 Å². The van der Waals surface area contributed by atoms with E-state index in [1.165, 1.54) is 11.0 Å². The van der Waals surface area contributed by atoms with Crippen molar-refractivity contribution in [2.24, 2.45) is 0 Å². The molecule has 20 heavy (non-hydrogen) atoms. The molecule has 1 amide bonds. The number of carboxylic acids is 1. The zero-order chi connectivity index (χ0) is 15.3. The van der Waals surface area contributed by atoms with E-state index in [-0.39, 0.29) is 24.6 Å². The van der Waals surface area contributed by atoms with Crippen molar-refractivity contribution < 1.29 is 23.5 Å². The number of nitrogens with zero attached hydrogens (tertiary/aromatic N) is 1. The van der Waals surface area contributed by atoms with Crippen molar-refractivity contribution in [2.45, 2.75) is 32.7 Å². The third-order valence-corrected chi connectivity index (χ3v) is 2.90. The molecule has 0 unspecified atom stereocenters. The second-order valence-electron chi connectivity index (χ2n) is 4.70. The van der Waals surface area contributed by atoms with Gasteiger partial charge in [0, 0.05) is 18.2 Å². The highest BCUT2D eigenvalue weighted by Gasteiger charge is 2.21. The fourth-order valence-electron chi connectivity index (χ4n) is 1.84. The van der Waals surface area contributed by atoms with E-state index in [0.717, 1.165) is 12.1 Å². The average molecular weight is 285 g/mol. The first-order chi connectivity index (χ1) is 9.32. The lowest BCUT2D eigenvalue weighted by atomic mass is 10.1. The first-order valence-electron chi connectivity index (χ1n) is 6.27. The van der Waals surface area contributed by atoms with Gasteiger partial charge in [-0.15, -0.1) is 0 Å². The van der Waals surface area contributed by atoms with Crippen LogP contribution in [0.25, 0.3) is 0 Å². The number of carbonyl (C=O) groups excluding carboxylic acids is 1. The molecule has 0 heterocycles. The van der Waals surface area contributed by atoms with Gasteiger partial charge in [-0.2, -0.15) is 0 Å². The van der Waals surface area contributed by atoms with Gasteiger partial charge >= 0.3 is 5.97 Å². The molecule has 0 aliphatic rings. The third-order valence-electron chi connectivity index (χ3n) is 2.90. The molecule has 110 valence electrons. The van der Waals surface area contributed by atoms with Crippen LogP contribution in [0.1, 0.15) is 25.8 Å². The quantitative estimate of drug-likeness (QED) is 0.872. The lowest BCUT2D eigenvalue weighted by Crippen LogP contribution is -2.39. The zero-order valence-electron chi connectivity index (χ0n) is 11.4. The van der Waals surface area contributed by atoms with Crippen LogP contribution in [-0.2, 0) is 16.0 Å². The van der Waals surface area contributed by atoms with Gasteiger partial charge in [0.05, 0.1) is 12.8 Å². The number of rotatable bonds is 6. The summed E-state index contributed by atoms with van der Waals surface area (Å²) in [6.07, 6.45) is -0.625. The molecule has 4 nitrogen and oxygen atoms in total. The number of benzene rings is 1. The van der Waals surface area contributed by atoms with Crippen LogP contribution in [0.2, 0.25) is 0 Å². The summed E-state index contributed by atoms with van der Waals surface area (Å²) in [7, 11) is 0. The molecule has 0 atom stereocenters. The minimum atomic E-state index is -1.03. The van der Waals surface area contributed by atoms with Crippen LogP contribution in [0.15, 0.2) is 18.2 Å². The molecule has 0 saturated heterocycles. The molecule has 0 bridgehead atoms. The summed E-state index contributed by atoms with van der Waals surface area (Å²) in [5.74, 6) is -3.08. The average Bonchev–Trinajstić information content (AvgIpc) is 2.33. The molecule has 0 fully saturated rings. The maximum atomic E-state index is 13.5. The third kappa shape index (κ3) is 4.29. The Bertz CT molecular complexity index is 483. The predicted molar refractivity (Wildman–Crippen MR) is 69.2 cm³/mol. The number of hydrogen-bond acceptors (Lipinski definition) is 2. The van der Waals surface area contributed by atoms with Gasteiger partial charge in [-0.3, -0.25) is 9.59 Å². The van der Waals surface area contributed by atoms with Crippen LogP contribution in [0, 0.1) is 11.6 Å². The number of aliphatic carboxylic acids is 1. The molecular formula is C14H17F2NO3. The zero-order valence-corrected chi connectivity index (χ0v) is 11.4.